The molecule has 4 nitrogen and oxygen atoms in total. The minimum atomic E-state index is -0.126. The highest BCUT2D eigenvalue weighted by atomic mass is 16.1. The summed E-state index contributed by atoms with van der Waals surface area (Å²) in [7, 11) is 1.98. The number of carbonyl (C=O) groups is 1. The highest BCUT2D eigenvalue weighted by molar-refractivity contribution is 6.08. The van der Waals surface area contributed by atoms with Gasteiger partial charge in [0.15, 0.2) is 0 Å². The van der Waals surface area contributed by atoms with E-state index in [1.807, 2.05) is 42.1 Å². The van der Waals surface area contributed by atoms with Gasteiger partial charge in [0, 0.05) is 42.1 Å². The topological polar surface area (TPSA) is 46.9 Å². The fourth-order valence-electron chi connectivity index (χ4n) is 2.11. The molecule has 0 saturated carbocycles. The maximum absolute atomic E-state index is 12.1. The Bertz CT molecular complexity index is 731. The summed E-state index contributed by atoms with van der Waals surface area (Å²) in [6.45, 7) is 0. The predicted molar refractivity (Wildman–Crippen MR) is 75.1 cm³/mol. The van der Waals surface area contributed by atoms with Crippen molar-refractivity contribution in [2.75, 3.05) is 5.32 Å². The number of hydrogen-bond donors (Lipinski definition) is 1. The molecule has 1 N–H and O–H groups in total. The molecule has 0 radical (unpaired) electrons. The molecule has 0 aliphatic rings. The Labute approximate surface area is 110 Å². The van der Waals surface area contributed by atoms with E-state index in [0.717, 1.165) is 16.6 Å². The number of rotatable bonds is 2. The summed E-state index contributed by atoms with van der Waals surface area (Å²) in [6, 6.07) is 11.3. The lowest BCUT2D eigenvalue weighted by Gasteiger charge is -2.07. The molecule has 1 amide bonds. The predicted octanol–water partition coefficient (Wildman–Crippen LogP) is 2.83. The molecule has 3 rings (SSSR count). The van der Waals surface area contributed by atoms with Crippen molar-refractivity contribution in [3.8, 4) is 0 Å². The van der Waals surface area contributed by atoms with E-state index in [1.165, 1.54) is 0 Å². The maximum atomic E-state index is 12.1. The standard InChI is InChI=1S/C15H13N3O/c1-18-10-7-12-13(3-2-4-14(12)18)17-15(19)11-5-8-16-9-6-11/h2-10H,1H3,(H,17,19). The Hall–Kier alpha value is -2.62. The third-order valence-corrected chi connectivity index (χ3v) is 3.12. The third-order valence-electron chi connectivity index (χ3n) is 3.12. The van der Waals surface area contributed by atoms with Gasteiger partial charge < -0.3 is 9.88 Å². The van der Waals surface area contributed by atoms with Crippen LogP contribution in [-0.4, -0.2) is 15.5 Å². The number of nitrogens with one attached hydrogen (secondary N) is 1. The van der Waals surface area contributed by atoms with E-state index in [2.05, 4.69) is 10.3 Å². The second-order valence-corrected chi connectivity index (χ2v) is 4.36. The first kappa shape index (κ1) is 11.5. The molecule has 0 unspecified atom stereocenters. The van der Waals surface area contributed by atoms with Gasteiger partial charge in [-0.25, -0.2) is 0 Å². The Morgan fingerprint density at radius 3 is 2.74 bits per heavy atom. The molecule has 0 bridgehead atoms. The molecule has 19 heavy (non-hydrogen) atoms. The molecule has 2 aromatic heterocycles. The molecule has 3 aromatic rings. The molecule has 0 saturated heterocycles. The largest absolute Gasteiger partial charge is 0.350 e. The quantitative estimate of drug-likeness (QED) is 0.761. The summed E-state index contributed by atoms with van der Waals surface area (Å²) >= 11 is 0. The number of fused-ring (bicyclic) bond motifs is 1. The molecular formula is C15H13N3O. The lowest BCUT2D eigenvalue weighted by atomic mass is 10.2. The zero-order valence-electron chi connectivity index (χ0n) is 10.5. The van der Waals surface area contributed by atoms with E-state index in [4.69, 9.17) is 0 Å². The van der Waals surface area contributed by atoms with Crippen LogP contribution in [0.2, 0.25) is 0 Å². The van der Waals surface area contributed by atoms with Crippen molar-refractivity contribution in [3.05, 3.63) is 60.6 Å². The average molecular weight is 251 g/mol. The van der Waals surface area contributed by atoms with E-state index in [-0.39, 0.29) is 5.91 Å². The molecule has 0 aliphatic heterocycles. The lowest BCUT2D eigenvalue weighted by Crippen LogP contribution is -2.11. The number of hydrogen-bond acceptors (Lipinski definition) is 2. The van der Waals surface area contributed by atoms with Crippen LogP contribution in [0.1, 0.15) is 10.4 Å². The summed E-state index contributed by atoms with van der Waals surface area (Å²) in [5, 5.41) is 3.97. The first-order valence-electron chi connectivity index (χ1n) is 6.01. The lowest BCUT2D eigenvalue weighted by molar-refractivity contribution is 0.102. The Kier molecular flexibility index (Phi) is 2.76. The van der Waals surface area contributed by atoms with E-state index in [0.29, 0.717) is 5.56 Å². The van der Waals surface area contributed by atoms with E-state index in [9.17, 15) is 4.79 Å². The van der Waals surface area contributed by atoms with Crippen molar-refractivity contribution >= 4 is 22.5 Å². The molecule has 4 heteroatoms. The summed E-state index contributed by atoms with van der Waals surface area (Å²) < 4.78 is 2.03. The van der Waals surface area contributed by atoms with Crippen LogP contribution in [0.3, 0.4) is 0 Å². The number of anilines is 1. The molecule has 1 aromatic carbocycles. The monoisotopic (exact) mass is 251 g/mol. The number of carbonyl (C=O) groups excluding carboxylic acids is 1. The number of benzene rings is 1. The van der Waals surface area contributed by atoms with Crippen molar-refractivity contribution in [1.82, 2.24) is 9.55 Å². The highest BCUT2D eigenvalue weighted by Crippen LogP contribution is 2.24. The van der Waals surface area contributed by atoms with Crippen molar-refractivity contribution in [1.29, 1.82) is 0 Å². The minimum Gasteiger partial charge on any atom is -0.350 e. The van der Waals surface area contributed by atoms with Gasteiger partial charge >= 0.3 is 0 Å². The molecule has 0 aliphatic carbocycles. The van der Waals surface area contributed by atoms with E-state index >= 15 is 0 Å². The number of nitrogens with zero attached hydrogens (tertiary/aromatic N) is 2. The van der Waals surface area contributed by atoms with Gasteiger partial charge in [-0.1, -0.05) is 6.07 Å². The summed E-state index contributed by atoms with van der Waals surface area (Å²) in [5.41, 5.74) is 2.51. The number of aryl methyl sites for hydroxylation is 1. The normalized spacial score (nSPS) is 10.6. The second-order valence-electron chi connectivity index (χ2n) is 4.36. The first-order valence-corrected chi connectivity index (χ1v) is 6.01. The Morgan fingerprint density at radius 2 is 1.95 bits per heavy atom. The highest BCUT2D eigenvalue weighted by Gasteiger charge is 2.08. The smallest absolute Gasteiger partial charge is 0.255 e. The summed E-state index contributed by atoms with van der Waals surface area (Å²) in [4.78, 5) is 16.0. The Morgan fingerprint density at radius 1 is 1.16 bits per heavy atom. The van der Waals surface area contributed by atoms with Gasteiger partial charge in [0.1, 0.15) is 0 Å². The van der Waals surface area contributed by atoms with Gasteiger partial charge in [-0.05, 0) is 30.3 Å². The minimum absolute atomic E-state index is 0.126. The van der Waals surface area contributed by atoms with Gasteiger partial charge in [-0.3, -0.25) is 9.78 Å². The summed E-state index contributed by atoms with van der Waals surface area (Å²) in [6.07, 6.45) is 5.20. The van der Waals surface area contributed by atoms with E-state index < -0.39 is 0 Å². The van der Waals surface area contributed by atoms with Gasteiger partial charge in [-0.15, -0.1) is 0 Å². The maximum Gasteiger partial charge on any atom is 0.255 e. The molecule has 94 valence electrons. The average Bonchev–Trinajstić information content (AvgIpc) is 2.83. The molecule has 0 fully saturated rings. The van der Waals surface area contributed by atoms with Gasteiger partial charge in [0.2, 0.25) is 0 Å². The van der Waals surface area contributed by atoms with Gasteiger partial charge in [-0.2, -0.15) is 0 Å². The van der Waals surface area contributed by atoms with Gasteiger partial charge in [0.05, 0.1) is 5.69 Å². The van der Waals surface area contributed by atoms with Crippen molar-refractivity contribution < 1.29 is 4.79 Å². The fourth-order valence-corrected chi connectivity index (χ4v) is 2.11. The summed E-state index contributed by atoms with van der Waals surface area (Å²) in [5.74, 6) is -0.126. The zero-order chi connectivity index (χ0) is 13.2. The number of aromatic nitrogens is 2. The van der Waals surface area contributed by atoms with Crippen molar-refractivity contribution in [3.63, 3.8) is 0 Å². The van der Waals surface area contributed by atoms with Crippen LogP contribution >= 0.6 is 0 Å². The molecule has 2 heterocycles. The first-order chi connectivity index (χ1) is 9.25. The van der Waals surface area contributed by atoms with Crippen LogP contribution in [-0.2, 0) is 7.05 Å². The fraction of sp³-hybridized carbons (Fsp3) is 0.0667. The second kappa shape index (κ2) is 4.57. The number of pyridine rings is 1. The van der Waals surface area contributed by atoms with E-state index in [1.54, 1.807) is 24.5 Å². The van der Waals surface area contributed by atoms with Crippen LogP contribution in [0.4, 0.5) is 5.69 Å². The van der Waals surface area contributed by atoms with Crippen LogP contribution < -0.4 is 5.32 Å². The number of amides is 1. The molecule has 0 atom stereocenters. The van der Waals surface area contributed by atoms with Crippen molar-refractivity contribution in [2.45, 2.75) is 0 Å². The molecular weight excluding hydrogens is 238 g/mol. The van der Waals surface area contributed by atoms with Gasteiger partial charge in [0.25, 0.3) is 5.91 Å². The van der Waals surface area contributed by atoms with Crippen LogP contribution in [0, 0.1) is 0 Å². The zero-order valence-corrected chi connectivity index (χ0v) is 10.5. The van der Waals surface area contributed by atoms with Crippen LogP contribution in [0.5, 0.6) is 0 Å². The van der Waals surface area contributed by atoms with Crippen molar-refractivity contribution in [2.24, 2.45) is 7.05 Å². The van der Waals surface area contributed by atoms with Crippen LogP contribution in [0.15, 0.2) is 55.0 Å². The Balaban J connectivity index is 1.96. The van der Waals surface area contributed by atoms with Crippen LogP contribution in [0.25, 0.3) is 10.9 Å². The third kappa shape index (κ3) is 2.08. The SMILES string of the molecule is Cn1ccc2c(NC(=O)c3ccncc3)cccc21. The molecule has 0 spiro atoms.